The fourth-order valence-electron chi connectivity index (χ4n) is 3.86. The lowest BCUT2D eigenvalue weighted by molar-refractivity contribution is -0.119. The van der Waals surface area contributed by atoms with Gasteiger partial charge in [0, 0.05) is 12.4 Å². The average molecular weight is 470 g/mol. The zero-order valence-corrected chi connectivity index (χ0v) is 19.2. The molecule has 33 heavy (non-hydrogen) atoms. The highest BCUT2D eigenvalue weighted by atomic mass is 35.5. The van der Waals surface area contributed by atoms with Gasteiger partial charge in [0.1, 0.15) is 5.52 Å². The molecule has 5 aromatic rings. The molecule has 4 nitrogen and oxygen atoms in total. The highest BCUT2D eigenvalue weighted by Gasteiger charge is 2.30. The summed E-state index contributed by atoms with van der Waals surface area (Å²) in [6.07, 6.45) is 3.50. The number of amides is 1. The number of benzene rings is 3. The van der Waals surface area contributed by atoms with Crippen LogP contribution >= 0.6 is 22.9 Å². The maximum absolute atomic E-state index is 14.3. The van der Waals surface area contributed by atoms with E-state index >= 15 is 0 Å². The summed E-state index contributed by atoms with van der Waals surface area (Å²) in [5.74, 6) is -0.516. The second-order valence-electron chi connectivity index (χ2n) is 7.62. The minimum absolute atomic E-state index is 0.0496. The van der Waals surface area contributed by atoms with E-state index in [1.54, 1.807) is 17.3 Å². The first-order chi connectivity index (χ1) is 16.2. The fourth-order valence-corrected chi connectivity index (χ4v) is 5.13. The second-order valence-corrected chi connectivity index (χ2v) is 9.04. The quantitative estimate of drug-likeness (QED) is 0.277. The number of carbonyl (C=O) groups excluding carboxylic acids is 1. The summed E-state index contributed by atoms with van der Waals surface area (Å²) >= 11 is 7.86. The van der Waals surface area contributed by atoms with E-state index in [0.717, 1.165) is 21.4 Å². The Morgan fingerprint density at radius 2 is 1.58 bits per heavy atom. The van der Waals surface area contributed by atoms with Crippen molar-refractivity contribution in [1.82, 2.24) is 9.97 Å². The van der Waals surface area contributed by atoms with E-state index in [4.69, 9.17) is 16.6 Å². The molecule has 0 spiro atoms. The number of hydrogen-bond donors (Lipinski definition) is 0. The van der Waals surface area contributed by atoms with E-state index in [-0.39, 0.29) is 5.91 Å². The Kier molecular flexibility index (Phi) is 6.15. The zero-order valence-electron chi connectivity index (χ0n) is 17.6. The lowest BCUT2D eigenvalue weighted by Crippen LogP contribution is -2.35. The van der Waals surface area contributed by atoms with Gasteiger partial charge in [0.05, 0.1) is 22.2 Å². The van der Waals surface area contributed by atoms with E-state index in [0.29, 0.717) is 22.2 Å². The van der Waals surface area contributed by atoms with Crippen LogP contribution in [0.2, 0.25) is 5.02 Å². The van der Waals surface area contributed by atoms with Crippen LogP contribution in [-0.4, -0.2) is 15.9 Å². The number of aromatic nitrogens is 2. The van der Waals surface area contributed by atoms with Crippen LogP contribution in [0.3, 0.4) is 0 Å². The number of para-hydroxylation sites is 1. The zero-order chi connectivity index (χ0) is 22.6. The van der Waals surface area contributed by atoms with Gasteiger partial charge in [-0.05, 0) is 34.9 Å². The summed E-state index contributed by atoms with van der Waals surface area (Å²) in [5.41, 5.74) is 3.50. The van der Waals surface area contributed by atoms with Crippen molar-refractivity contribution in [3.63, 3.8) is 0 Å². The van der Waals surface area contributed by atoms with Crippen LogP contribution < -0.4 is 4.90 Å². The molecule has 2 heterocycles. The molecule has 0 aliphatic rings. The van der Waals surface area contributed by atoms with Crippen LogP contribution in [0.5, 0.6) is 0 Å². The highest BCUT2D eigenvalue weighted by molar-refractivity contribution is 7.22. The van der Waals surface area contributed by atoms with Gasteiger partial charge in [0.15, 0.2) is 5.13 Å². The third-order valence-corrected chi connectivity index (χ3v) is 6.78. The van der Waals surface area contributed by atoms with Crippen molar-refractivity contribution in [3.05, 3.63) is 125 Å². The summed E-state index contributed by atoms with van der Waals surface area (Å²) in [6, 6.07) is 29.3. The number of rotatable bonds is 6. The molecular weight excluding hydrogens is 450 g/mol. The normalized spacial score (nSPS) is 11.1. The first-order valence-electron chi connectivity index (χ1n) is 10.6. The second kappa shape index (κ2) is 9.53. The molecule has 0 saturated heterocycles. The third kappa shape index (κ3) is 4.51. The largest absolute Gasteiger partial charge is 0.283 e. The van der Waals surface area contributed by atoms with Gasteiger partial charge in [0.25, 0.3) is 0 Å². The number of carbonyl (C=O) groups is 1. The van der Waals surface area contributed by atoms with Crippen LogP contribution in [0, 0.1) is 0 Å². The predicted molar refractivity (Wildman–Crippen MR) is 135 cm³/mol. The molecule has 162 valence electrons. The molecule has 1 amide bonds. The fraction of sp³-hybridized carbons (Fsp3) is 0.0741. The van der Waals surface area contributed by atoms with Gasteiger partial charge in [-0.3, -0.25) is 14.7 Å². The van der Waals surface area contributed by atoms with Crippen molar-refractivity contribution in [3.8, 4) is 0 Å². The lowest BCUT2D eigenvalue weighted by atomic mass is 9.90. The number of thiazole rings is 1. The Hall–Kier alpha value is -3.54. The van der Waals surface area contributed by atoms with Gasteiger partial charge in [-0.25, -0.2) is 4.98 Å². The SMILES string of the molecule is O=C(C(c1ccccc1)c1ccccc1)N(Cc1cccnc1)c1nc2c(Cl)cccc2s1. The smallest absolute Gasteiger partial charge is 0.241 e. The minimum atomic E-state index is -0.466. The Labute approximate surface area is 201 Å². The molecule has 0 N–H and O–H groups in total. The molecule has 0 aliphatic carbocycles. The molecule has 3 aromatic carbocycles. The molecule has 0 atom stereocenters. The maximum atomic E-state index is 14.3. The van der Waals surface area contributed by atoms with Crippen molar-refractivity contribution >= 4 is 44.2 Å². The summed E-state index contributed by atoms with van der Waals surface area (Å²) in [5, 5.41) is 1.19. The van der Waals surface area contributed by atoms with Crippen LogP contribution in [0.1, 0.15) is 22.6 Å². The number of pyridine rings is 1. The van der Waals surface area contributed by atoms with Crippen molar-refractivity contribution in [2.75, 3.05) is 4.90 Å². The summed E-state index contributed by atoms with van der Waals surface area (Å²) in [4.78, 5) is 25.0. The van der Waals surface area contributed by atoms with Crippen LogP contribution in [0.25, 0.3) is 10.2 Å². The summed E-state index contributed by atoms with van der Waals surface area (Å²) in [7, 11) is 0. The van der Waals surface area contributed by atoms with Crippen LogP contribution in [0.15, 0.2) is 103 Å². The molecule has 0 radical (unpaired) electrons. The van der Waals surface area contributed by atoms with Crippen molar-refractivity contribution in [2.45, 2.75) is 12.5 Å². The molecule has 0 aliphatic heterocycles. The number of halogens is 1. The average Bonchev–Trinajstić information content (AvgIpc) is 3.30. The Balaban J connectivity index is 1.63. The first-order valence-corrected chi connectivity index (χ1v) is 11.8. The van der Waals surface area contributed by atoms with Crippen molar-refractivity contribution in [1.29, 1.82) is 0 Å². The molecule has 2 aromatic heterocycles. The maximum Gasteiger partial charge on any atom is 0.241 e. The molecule has 0 bridgehead atoms. The number of nitrogens with zero attached hydrogens (tertiary/aromatic N) is 3. The number of fused-ring (bicyclic) bond motifs is 1. The molecule has 6 heteroatoms. The summed E-state index contributed by atoms with van der Waals surface area (Å²) in [6.45, 7) is 0.361. The van der Waals surface area contributed by atoms with Gasteiger partial charge in [-0.1, -0.05) is 95.7 Å². The Bertz CT molecular complexity index is 1330. The first kappa shape index (κ1) is 21.3. The molecular formula is C27H20ClN3OS. The number of anilines is 1. The third-order valence-electron chi connectivity index (χ3n) is 5.43. The van der Waals surface area contributed by atoms with Crippen LogP contribution in [0.4, 0.5) is 5.13 Å². The molecule has 0 saturated carbocycles. The minimum Gasteiger partial charge on any atom is -0.283 e. The van der Waals surface area contributed by atoms with Crippen molar-refractivity contribution in [2.24, 2.45) is 0 Å². The van der Waals surface area contributed by atoms with E-state index in [2.05, 4.69) is 4.98 Å². The van der Waals surface area contributed by atoms with Crippen LogP contribution in [-0.2, 0) is 11.3 Å². The van der Waals surface area contributed by atoms with E-state index in [1.807, 2.05) is 91.0 Å². The van der Waals surface area contributed by atoms with Gasteiger partial charge in [0.2, 0.25) is 5.91 Å². The number of hydrogen-bond acceptors (Lipinski definition) is 4. The van der Waals surface area contributed by atoms with E-state index in [1.165, 1.54) is 11.3 Å². The molecule has 0 fully saturated rings. The molecule has 5 rings (SSSR count). The predicted octanol–water partition coefficient (Wildman–Crippen LogP) is 6.71. The van der Waals surface area contributed by atoms with Gasteiger partial charge >= 0.3 is 0 Å². The summed E-state index contributed by atoms with van der Waals surface area (Å²) < 4.78 is 0.942. The monoisotopic (exact) mass is 469 g/mol. The van der Waals surface area contributed by atoms with Gasteiger partial charge in [-0.2, -0.15) is 0 Å². The van der Waals surface area contributed by atoms with E-state index in [9.17, 15) is 4.79 Å². The Morgan fingerprint density at radius 1 is 0.879 bits per heavy atom. The molecule has 0 unspecified atom stereocenters. The van der Waals surface area contributed by atoms with Gasteiger partial charge < -0.3 is 0 Å². The highest BCUT2D eigenvalue weighted by Crippen LogP contribution is 2.36. The standard InChI is InChI=1S/C27H20ClN3OS/c28-22-14-7-15-23-25(22)30-27(33-23)31(18-19-9-8-16-29-17-19)26(32)24(20-10-3-1-4-11-20)21-12-5-2-6-13-21/h1-17,24H,18H2. The Morgan fingerprint density at radius 3 is 2.18 bits per heavy atom. The lowest BCUT2D eigenvalue weighted by Gasteiger charge is -2.26. The van der Waals surface area contributed by atoms with E-state index < -0.39 is 5.92 Å². The van der Waals surface area contributed by atoms with Crippen molar-refractivity contribution < 1.29 is 4.79 Å². The van der Waals surface area contributed by atoms with Gasteiger partial charge in [-0.15, -0.1) is 0 Å². The topological polar surface area (TPSA) is 46.1 Å².